The Bertz CT molecular complexity index is 269. The molecule has 17 heavy (non-hydrogen) atoms. The van der Waals surface area contributed by atoms with Gasteiger partial charge in [0.1, 0.15) is 0 Å². The molecule has 1 aliphatic carbocycles. The number of hydrogen-bond acceptors (Lipinski definition) is 0. The first kappa shape index (κ1) is 16.2. The number of benzene rings is 1. The second-order valence-corrected chi connectivity index (χ2v) is 4.25. The maximum atomic E-state index is 2.36. The van der Waals surface area contributed by atoms with E-state index in [2.05, 4.69) is 31.2 Å². The molecule has 0 atom stereocenters. The molecule has 0 aromatic heterocycles. The Morgan fingerprint density at radius 2 is 1.47 bits per heavy atom. The Morgan fingerprint density at radius 3 is 2.00 bits per heavy atom. The highest BCUT2D eigenvalue weighted by Crippen LogP contribution is 2.32. The fourth-order valence-corrected chi connectivity index (χ4v) is 2.36. The van der Waals surface area contributed by atoms with E-state index in [0.717, 1.165) is 5.92 Å². The van der Waals surface area contributed by atoms with E-state index < -0.39 is 0 Å². The van der Waals surface area contributed by atoms with E-state index in [1.54, 1.807) is 5.56 Å². The van der Waals surface area contributed by atoms with Gasteiger partial charge in [-0.1, -0.05) is 76.8 Å². The highest BCUT2D eigenvalue weighted by molar-refractivity contribution is 5.25. The molecule has 0 heteroatoms. The molecule has 0 aliphatic heterocycles. The van der Waals surface area contributed by atoms with Gasteiger partial charge in [0.2, 0.25) is 0 Å². The minimum Gasteiger partial charge on any atom is -0.0683 e. The molecule has 1 fully saturated rings. The molecule has 0 nitrogen and oxygen atoms in total. The maximum absolute atomic E-state index is 2.36. The van der Waals surface area contributed by atoms with Crippen molar-refractivity contribution in [3.63, 3.8) is 0 Å². The van der Waals surface area contributed by atoms with Crippen molar-refractivity contribution in [1.82, 2.24) is 0 Å². The van der Waals surface area contributed by atoms with E-state index in [-0.39, 0.29) is 0 Å². The second kappa shape index (κ2) is 10.4. The van der Waals surface area contributed by atoms with Crippen LogP contribution in [-0.2, 0) is 0 Å². The Labute approximate surface area is 108 Å². The fraction of sp³-hybridized carbons (Fsp3) is 0.647. The van der Waals surface area contributed by atoms with Gasteiger partial charge >= 0.3 is 0 Å². The van der Waals surface area contributed by atoms with Gasteiger partial charge in [-0.05, 0) is 31.2 Å². The van der Waals surface area contributed by atoms with Crippen LogP contribution in [0.3, 0.4) is 0 Å². The van der Waals surface area contributed by atoms with E-state index >= 15 is 0 Å². The molecule has 0 bridgehead atoms. The minimum atomic E-state index is 0.855. The van der Waals surface area contributed by atoms with E-state index in [0.29, 0.717) is 0 Å². The lowest BCUT2D eigenvalue weighted by Gasteiger charge is -2.22. The van der Waals surface area contributed by atoms with Crippen molar-refractivity contribution in [2.24, 2.45) is 0 Å². The van der Waals surface area contributed by atoms with Crippen LogP contribution in [-0.4, -0.2) is 0 Å². The number of hydrogen-bond donors (Lipinski definition) is 0. The molecule has 1 aromatic carbocycles. The van der Waals surface area contributed by atoms with Gasteiger partial charge in [0.15, 0.2) is 0 Å². The van der Waals surface area contributed by atoms with Crippen LogP contribution in [0.15, 0.2) is 24.3 Å². The van der Waals surface area contributed by atoms with Crippen LogP contribution in [0.25, 0.3) is 0 Å². The summed E-state index contributed by atoms with van der Waals surface area (Å²) in [6, 6.07) is 9.03. The zero-order chi connectivity index (χ0) is 13.1. The maximum Gasteiger partial charge on any atom is -0.0162 e. The van der Waals surface area contributed by atoms with E-state index in [9.17, 15) is 0 Å². The third kappa shape index (κ3) is 5.91. The topological polar surface area (TPSA) is 0 Å². The Morgan fingerprint density at radius 1 is 0.882 bits per heavy atom. The van der Waals surface area contributed by atoms with Crippen LogP contribution in [0, 0.1) is 6.92 Å². The quantitative estimate of drug-likeness (QED) is 0.551. The summed E-state index contributed by atoms with van der Waals surface area (Å²) in [4.78, 5) is 0. The molecule has 1 saturated carbocycles. The van der Waals surface area contributed by atoms with Gasteiger partial charge in [-0.3, -0.25) is 0 Å². The first-order chi connectivity index (χ1) is 8.36. The standard InChI is InChI=1S/C13H18.2C2H6/c1-11-6-5-9-13(10-11)12-7-3-2-4-8-12;2*1-2/h5-6,9-10,12H,2-4,7-8H2,1H3;2*1-2H3. The summed E-state index contributed by atoms with van der Waals surface area (Å²) in [5, 5.41) is 0. The van der Waals surface area contributed by atoms with Crippen molar-refractivity contribution in [3.8, 4) is 0 Å². The zero-order valence-corrected chi connectivity index (χ0v) is 12.4. The molecule has 0 heterocycles. The predicted octanol–water partition coefficient (Wildman–Crippen LogP) is 6.10. The summed E-state index contributed by atoms with van der Waals surface area (Å²) in [7, 11) is 0. The van der Waals surface area contributed by atoms with Crippen LogP contribution in [0.4, 0.5) is 0 Å². The minimum absolute atomic E-state index is 0.855. The molecule has 1 aliphatic rings. The van der Waals surface area contributed by atoms with Crippen molar-refractivity contribution in [1.29, 1.82) is 0 Å². The van der Waals surface area contributed by atoms with Crippen molar-refractivity contribution >= 4 is 0 Å². The van der Waals surface area contributed by atoms with E-state index in [1.165, 1.54) is 37.7 Å². The average molecular weight is 234 g/mol. The van der Waals surface area contributed by atoms with Crippen molar-refractivity contribution in [3.05, 3.63) is 35.4 Å². The summed E-state index contributed by atoms with van der Waals surface area (Å²) in [5.74, 6) is 0.855. The molecule has 98 valence electrons. The van der Waals surface area contributed by atoms with Crippen molar-refractivity contribution in [2.45, 2.75) is 72.6 Å². The lowest BCUT2D eigenvalue weighted by atomic mass is 9.84. The molecular formula is C17H30. The molecule has 1 aromatic rings. The summed E-state index contributed by atoms with van der Waals surface area (Å²) in [5.41, 5.74) is 2.97. The van der Waals surface area contributed by atoms with Crippen LogP contribution >= 0.6 is 0 Å². The Balaban J connectivity index is 0.000000581. The Kier molecular flexibility index (Phi) is 9.90. The van der Waals surface area contributed by atoms with Gasteiger partial charge in [0, 0.05) is 0 Å². The number of aryl methyl sites for hydroxylation is 1. The molecule has 0 spiro atoms. The number of rotatable bonds is 1. The third-order valence-corrected chi connectivity index (χ3v) is 3.12. The van der Waals surface area contributed by atoms with Gasteiger partial charge in [0.05, 0.1) is 0 Å². The molecular weight excluding hydrogens is 204 g/mol. The molecule has 0 amide bonds. The van der Waals surface area contributed by atoms with Crippen molar-refractivity contribution in [2.75, 3.05) is 0 Å². The second-order valence-electron chi connectivity index (χ2n) is 4.25. The Hall–Kier alpha value is -0.780. The molecule has 0 radical (unpaired) electrons. The van der Waals surface area contributed by atoms with Crippen LogP contribution in [0.1, 0.15) is 76.8 Å². The third-order valence-electron chi connectivity index (χ3n) is 3.12. The van der Waals surface area contributed by atoms with Gasteiger partial charge in [0.25, 0.3) is 0 Å². The van der Waals surface area contributed by atoms with Crippen molar-refractivity contribution < 1.29 is 0 Å². The predicted molar refractivity (Wildman–Crippen MR) is 79.7 cm³/mol. The summed E-state index contributed by atoms with van der Waals surface area (Å²) in [6.45, 7) is 10.2. The first-order valence-electron chi connectivity index (χ1n) is 7.43. The summed E-state index contributed by atoms with van der Waals surface area (Å²) in [6.07, 6.45) is 7.12. The molecule has 2 rings (SSSR count). The average Bonchev–Trinajstić information content (AvgIpc) is 2.44. The van der Waals surface area contributed by atoms with Crippen LogP contribution in [0.2, 0.25) is 0 Å². The molecule has 0 saturated heterocycles. The highest BCUT2D eigenvalue weighted by atomic mass is 14.2. The van der Waals surface area contributed by atoms with Crippen LogP contribution < -0.4 is 0 Å². The van der Waals surface area contributed by atoms with Gasteiger partial charge in [-0.25, -0.2) is 0 Å². The van der Waals surface area contributed by atoms with E-state index in [1.807, 2.05) is 27.7 Å². The lowest BCUT2D eigenvalue weighted by molar-refractivity contribution is 0.443. The molecule has 0 N–H and O–H groups in total. The van der Waals surface area contributed by atoms with Gasteiger partial charge in [-0.2, -0.15) is 0 Å². The molecule has 0 unspecified atom stereocenters. The largest absolute Gasteiger partial charge is 0.0683 e. The monoisotopic (exact) mass is 234 g/mol. The van der Waals surface area contributed by atoms with E-state index in [4.69, 9.17) is 0 Å². The summed E-state index contributed by atoms with van der Waals surface area (Å²) < 4.78 is 0. The normalized spacial score (nSPS) is 15.1. The smallest absolute Gasteiger partial charge is 0.0162 e. The highest BCUT2D eigenvalue weighted by Gasteiger charge is 2.14. The SMILES string of the molecule is CC.CC.Cc1cccc(C2CCCCC2)c1. The van der Waals surface area contributed by atoms with Crippen LogP contribution in [0.5, 0.6) is 0 Å². The first-order valence-corrected chi connectivity index (χ1v) is 7.43. The fourth-order valence-electron chi connectivity index (χ4n) is 2.36. The van der Waals surface area contributed by atoms with Gasteiger partial charge in [-0.15, -0.1) is 0 Å². The van der Waals surface area contributed by atoms with Gasteiger partial charge < -0.3 is 0 Å². The zero-order valence-electron chi connectivity index (χ0n) is 12.4. The summed E-state index contributed by atoms with van der Waals surface area (Å²) >= 11 is 0. The lowest BCUT2D eigenvalue weighted by Crippen LogP contribution is -2.04.